The molecule has 1 aromatic carbocycles. The van der Waals surface area contributed by atoms with Crippen molar-refractivity contribution in [1.29, 1.82) is 0 Å². The normalized spacial score (nSPS) is 22.8. The third-order valence-electron chi connectivity index (χ3n) is 5.56. The number of carbonyl (C=O) groups is 1. The maximum absolute atomic E-state index is 13.3. The van der Waals surface area contributed by atoms with E-state index in [-0.39, 0.29) is 12.0 Å². The van der Waals surface area contributed by atoms with Gasteiger partial charge >= 0.3 is 0 Å². The Morgan fingerprint density at radius 1 is 1.29 bits per heavy atom. The highest BCUT2D eigenvalue weighted by Gasteiger charge is 2.35. The van der Waals surface area contributed by atoms with Gasteiger partial charge in [0, 0.05) is 37.8 Å². The molecule has 3 heterocycles. The van der Waals surface area contributed by atoms with Crippen molar-refractivity contribution >= 4 is 5.91 Å². The number of carbonyl (C=O) groups excluding carboxylic acids is 1. The average Bonchev–Trinajstić information content (AvgIpc) is 3.09. The number of amides is 1. The van der Waals surface area contributed by atoms with E-state index in [0.717, 1.165) is 51.0 Å². The Labute approximate surface area is 143 Å². The molecule has 0 spiro atoms. The van der Waals surface area contributed by atoms with E-state index in [2.05, 4.69) is 45.6 Å². The molecule has 1 aromatic heterocycles. The molecule has 2 aliphatic heterocycles. The standard InChI is InChI=1S/C20H25N3O/c1-2-5-18-17-7-4-3-6-15(17)9-12-23(18)20(24)16-8-11-22-13-10-21-19(22)14-16/h3-4,6-7,10,13,16,18H,2,5,8-9,11-12,14H2,1H3/t16-,18-/m1/s1. The molecule has 2 aromatic rings. The van der Waals surface area contributed by atoms with Crippen molar-refractivity contribution < 1.29 is 4.79 Å². The summed E-state index contributed by atoms with van der Waals surface area (Å²) in [6.45, 7) is 3.97. The summed E-state index contributed by atoms with van der Waals surface area (Å²) in [6, 6.07) is 8.89. The topological polar surface area (TPSA) is 38.1 Å². The van der Waals surface area contributed by atoms with E-state index < -0.39 is 0 Å². The minimum absolute atomic E-state index is 0.0875. The predicted octanol–water partition coefficient (Wildman–Crippen LogP) is 3.37. The molecule has 0 radical (unpaired) electrons. The van der Waals surface area contributed by atoms with Crippen LogP contribution in [0.5, 0.6) is 0 Å². The van der Waals surface area contributed by atoms with Crippen LogP contribution in [0.1, 0.15) is 49.2 Å². The molecule has 4 heteroatoms. The van der Waals surface area contributed by atoms with Crippen molar-refractivity contribution in [3.8, 4) is 0 Å². The van der Waals surface area contributed by atoms with Crippen LogP contribution in [0.4, 0.5) is 0 Å². The summed E-state index contributed by atoms with van der Waals surface area (Å²) >= 11 is 0. The zero-order valence-corrected chi connectivity index (χ0v) is 14.3. The summed E-state index contributed by atoms with van der Waals surface area (Å²) in [5.74, 6) is 1.48. The van der Waals surface area contributed by atoms with Crippen molar-refractivity contribution in [2.75, 3.05) is 6.54 Å². The molecule has 2 aliphatic rings. The van der Waals surface area contributed by atoms with Crippen molar-refractivity contribution in [3.05, 3.63) is 53.6 Å². The van der Waals surface area contributed by atoms with Crippen LogP contribution in [0, 0.1) is 5.92 Å². The van der Waals surface area contributed by atoms with Crippen LogP contribution in [0.25, 0.3) is 0 Å². The van der Waals surface area contributed by atoms with Crippen LogP contribution in [0.3, 0.4) is 0 Å². The summed E-state index contributed by atoms with van der Waals surface area (Å²) in [4.78, 5) is 19.8. The lowest BCUT2D eigenvalue weighted by molar-refractivity contribution is -0.139. The molecule has 126 valence electrons. The minimum Gasteiger partial charge on any atom is -0.335 e. The SMILES string of the molecule is CCC[C@@H]1c2ccccc2CCN1C(=O)[C@@H]1CCn2ccnc2C1. The summed E-state index contributed by atoms with van der Waals surface area (Å²) in [5.41, 5.74) is 2.77. The van der Waals surface area contributed by atoms with Crippen molar-refractivity contribution in [3.63, 3.8) is 0 Å². The van der Waals surface area contributed by atoms with E-state index in [1.807, 2.05) is 12.4 Å². The Balaban J connectivity index is 1.58. The Morgan fingerprint density at radius 2 is 2.17 bits per heavy atom. The Bertz CT molecular complexity index is 736. The smallest absolute Gasteiger partial charge is 0.226 e. The monoisotopic (exact) mass is 323 g/mol. The van der Waals surface area contributed by atoms with Gasteiger partial charge in [-0.25, -0.2) is 4.98 Å². The van der Waals surface area contributed by atoms with E-state index in [4.69, 9.17) is 0 Å². The van der Waals surface area contributed by atoms with E-state index in [1.165, 1.54) is 11.1 Å². The largest absolute Gasteiger partial charge is 0.335 e. The number of rotatable bonds is 3. The molecule has 1 amide bonds. The number of aryl methyl sites for hydroxylation is 1. The first-order valence-electron chi connectivity index (χ1n) is 9.16. The molecule has 0 fully saturated rings. The number of imidazole rings is 1. The molecule has 2 atom stereocenters. The quantitative estimate of drug-likeness (QED) is 0.868. The zero-order chi connectivity index (χ0) is 16.5. The third kappa shape index (κ3) is 2.64. The minimum atomic E-state index is 0.0875. The van der Waals surface area contributed by atoms with Crippen LogP contribution in [0.15, 0.2) is 36.7 Å². The molecule has 0 unspecified atom stereocenters. The maximum Gasteiger partial charge on any atom is 0.226 e. The van der Waals surface area contributed by atoms with Gasteiger partial charge in [0.25, 0.3) is 0 Å². The zero-order valence-electron chi connectivity index (χ0n) is 14.3. The van der Waals surface area contributed by atoms with Gasteiger partial charge in [0.05, 0.1) is 6.04 Å². The lowest BCUT2D eigenvalue weighted by Crippen LogP contribution is -2.44. The molecule has 0 aliphatic carbocycles. The molecule has 4 nitrogen and oxygen atoms in total. The van der Waals surface area contributed by atoms with Gasteiger partial charge in [0.15, 0.2) is 0 Å². The first kappa shape index (κ1) is 15.4. The van der Waals surface area contributed by atoms with E-state index in [0.29, 0.717) is 5.91 Å². The summed E-state index contributed by atoms with van der Waals surface area (Å²) in [6.07, 6.45) is 8.69. The fourth-order valence-corrected chi connectivity index (χ4v) is 4.30. The second-order valence-corrected chi connectivity index (χ2v) is 7.01. The van der Waals surface area contributed by atoms with Gasteiger partial charge in [0.1, 0.15) is 5.82 Å². The van der Waals surface area contributed by atoms with Gasteiger partial charge in [0.2, 0.25) is 5.91 Å². The van der Waals surface area contributed by atoms with Crippen LogP contribution in [-0.2, 0) is 24.2 Å². The highest BCUT2D eigenvalue weighted by molar-refractivity contribution is 5.80. The van der Waals surface area contributed by atoms with E-state index in [1.54, 1.807) is 0 Å². The second kappa shape index (κ2) is 6.42. The van der Waals surface area contributed by atoms with Crippen LogP contribution in [-0.4, -0.2) is 26.9 Å². The average molecular weight is 323 g/mol. The van der Waals surface area contributed by atoms with Gasteiger partial charge in [-0.3, -0.25) is 4.79 Å². The van der Waals surface area contributed by atoms with E-state index in [9.17, 15) is 4.79 Å². The number of fused-ring (bicyclic) bond motifs is 2. The third-order valence-corrected chi connectivity index (χ3v) is 5.56. The molecule has 0 saturated carbocycles. The number of nitrogens with zero attached hydrogens (tertiary/aromatic N) is 3. The Kier molecular flexibility index (Phi) is 4.13. The predicted molar refractivity (Wildman–Crippen MR) is 93.5 cm³/mol. The molecule has 0 bridgehead atoms. The molecule has 0 N–H and O–H groups in total. The van der Waals surface area contributed by atoms with Gasteiger partial charge in [-0.2, -0.15) is 0 Å². The molecular weight excluding hydrogens is 298 g/mol. The Hall–Kier alpha value is -2.10. The highest BCUT2D eigenvalue weighted by Crippen LogP contribution is 2.35. The van der Waals surface area contributed by atoms with Crippen molar-refractivity contribution in [2.24, 2.45) is 5.92 Å². The van der Waals surface area contributed by atoms with Gasteiger partial charge < -0.3 is 9.47 Å². The fourth-order valence-electron chi connectivity index (χ4n) is 4.30. The Morgan fingerprint density at radius 3 is 3.04 bits per heavy atom. The second-order valence-electron chi connectivity index (χ2n) is 7.01. The van der Waals surface area contributed by atoms with Crippen molar-refractivity contribution in [1.82, 2.24) is 14.5 Å². The van der Waals surface area contributed by atoms with Crippen LogP contribution < -0.4 is 0 Å². The number of benzene rings is 1. The molecule has 0 saturated heterocycles. The van der Waals surface area contributed by atoms with Crippen LogP contribution in [0.2, 0.25) is 0 Å². The van der Waals surface area contributed by atoms with Crippen molar-refractivity contribution in [2.45, 2.75) is 51.6 Å². The number of hydrogen-bond acceptors (Lipinski definition) is 2. The van der Waals surface area contributed by atoms with Gasteiger partial charge in [-0.15, -0.1) is 0 Å². The molecule has 4 rings (SSSR count). The maximum atomic E-state index is 13.3. The summed E-state index contributed by atoms with van der Waals surface area (Å²) < 4.78 is 2.18. The van der Waals surface area contributed by atoms with Gasteiger partial charge in [-0.05, 0) is 30.4 Å². The first-order chi connectivity index (χ1) is 11.8. The first-order valence-corrected chi connectivity index (χ1v) is 9.16. The van der Waals surface area contributed by atoms with Crippen LogP contribution >= 0.6 is 0 Å². The van der Waals surface area contributed by atoms with Gasteiger partial charge in [-0.1, -0.05) is 37.6 Å². The van der Waals surface area contributed by atoms with E-state index >= 15 is 0 Å². The molecule has 24 heavy (non-hydrogen) atoms. The number of hydrogen-bond donors (Lipinski definition) is 0. The lowest BCUT2D eigenvalue weighted by Gasteiger charge is -2.40. The fraction of sp³-hybridized carbons (Fsp3) is 0.500. The lowest BCUT2D eigenvalue weighted by atomic mass is 9.87. The highest BCUT2D eigenvalue weighted by atomic mass is 16.2. The summed E-state index contributed by atoms with van der Waals surface area (Å²) in [5, 5.41) is 0. The number of aromatic nitrogens is 2. The molecular formula is C20H25N3O. The summed E-state index contributed by atoms with van der Waals surface area (Å²) in [7, 11) is 0.